The second kappa shape index (κ2) is 1.94. The first-order chi connectivity index (χ1) is 3.43. The van der Waals surface area contributed by atoms with Gasteiger partial charge in [0.2, 0.25) is 0 Å². The van der Waals surface area contributed by atoms with Crippen LogP contribution < -0.4 is 0 Å². The Morgan fingerprint density at radius 3 is 3.00 bits per heavy atom. The first-order valence-corrected chi connectivity index (χ1v) is 2.89. The average Bonchev–Trinajstić information content (AvgIpc) is 2.14. The lowest BCUT2D eigenvalue weighted by molar-refractivity contribution is 1.93. The highest BCUT2D eigenvalue weighted by molar-refractivity contribution is 7.10. The topological polar surface area (TPSA) is 0 Å². The molecule has 0 fully saturated rings. The fraction of sp³-hybridized carbons (Fsp3) is 0. The van der Waals surface area contributed by atoms with Gasteiger partial charge in [0.15, 0.2) is 0 Å². The van der Waals surface area contributed by atoms with E-state index in [4.69, 9.17) is 0 Å². The lowest BCUT2D eigenvalue weighted by Gasteiger charge is -1.70. The maximum absolute atomic E-state index is 3.58. The van der Waals surface area contributed by atoms with Crippen molar-refractivity contribution in [2.45, 2.75) is 0 Å². The van der Waals surface area contributed by atoms with E-state index in [1.807, 2.05) is 11.4 Å². The summed E-state index contributed by atoms with van der Waals surface area (Å²) in [4.78, 5) is 1.11. The number of rotatable bonds is 1. The Hall–Kier alpha value is -0.560. The lowest BCUT2D eigenvalue weighted by atomic mass is 10.5. The highest BCUT2D eigenvalue weighted by Crippen LogP contribution is 2.06. The highest BCUT2D eigenvalue weighted by Gasteiger charge is 1.79. The molecule has 0 spiro atoms. The van der Waals surface area contributed by atoms with Crippen molar-refractivity contribution < 1.29 is 0 Å². The van der Waals surface area contributed by atoms with Gasteiger partial charge in [-0.3, -0.25) is 0 Å². The normalized spacial score (nSPS) is 8.57. The van der Waals surface area contributed by atoms with Crippen LogP contribution in [-0.4, -0.2) is 0 Å². The van der Waals surface area contributed by atoms with Gasteiger partial charge in [-0.15, -0.1) is 11.3 Å². The summed E-state index contributed by atoms with van der Waals surface area (Å²) < 4.78 is 0. The molecule has 0 saturated heterocycles. The summed E-state index contributed by atoms with van der Waals surface area (Å²) in [6.45, 7) is 3.58. The maximum Gasteiger partial charge on any atom is 0.0343 e. The fourth-order valence-corrected chi connectivity index (χ4v) is 0.880. The molecule has 1 heterocycles. The van der Waals surface area contributed by atoms with Crippen LogP contribution in [0.3, 0.4) is 0 Å². The van der Waals surface area contributed by atoms with Gasteiger partial charge in [0.1, 0.15) is 0 Å². The van der Waals surface area contributed by atoms with E-state index in [0.29, 0.717) is 0 Å². The van der Waals surface area contributed by atoms with E-state index in [1.165, 1.54) is 0 Å². The molecule has 7 heavy (non-hydrogen) atoms. The standard InChI is InChI=1S/C6H5S/c1-2-6-4-3-5-7-6/h2-3,5H,1H2. The van der Waals surface area contributed by atoms with Crippen LogP contribution in [0.5, 0.6) is 0 Å². The first kappa shape index (κ1) is 4.60. The van der Waals surface area contributed by atoms with Crippen molar-refractivity contribution in [2.75, 3.05) is 0 Å². The summed E-state index contributed by atoms with van der Waals surface area (Å²) >= 11 is 1.65. The van der Waals surface area contributed by atoms with Crippen LogP contribution in [-0.2, 0) is 0 Å². The van der Waals surface area contributed by atoms with Gasteiger partial charge in [-0.1, -0.05) is 12.7 Å². The third kappa shape index (κ3) is 0.904. The van der Waals surface area contributed by atoms with E-state index in [0.717, 1.165) is 4.88 Å². The Bertz CT molecular complexity index is 139. The first-order valence-electron chi connectivity index (χ1n) is 2.01. The Morgan fingerprint density at radius 2 is 2.71 bits per heavy atom. The average molecular weight is 109 g/mol. The minimum Gasteiger partial charge on any atom is -0.144 e. The van der Waals surface area contributed by atoms with Crippen molar-refractivity contribution in [1.82, 2.24) is 0 Å². The van der Waals surface area contributed by atoms with Gasteiger partial charge in [-0.25, -0.2) is 0 Å². The molecule has 0 amide bonds. The third-order valence-electron chi connectivity index (χ3n) is 0.674. The van der Waals surface area contributed by atoms with Gasteiger partial charge >= 0.3 is 0 Å². The molecule has 0 aliphatic rings. The quantitative estimate of drug-likeness (QED) is 0.518. The van der Waals surface area contributed by atoms with Crippen LogP contribution in [0.1, 0.15) is 4.88 Å². The molecule has 1 radical (unpaired) electrons. The Labute approximate surface area is 47.1 Å². The molecule has 0 aromatic carbocycles. The molecular formula is C6H5S. The number of thiophene rings is 1. The molecular weight excluding hydrogens is 104 g/mol. The minimum absolute atomic E-state index is 1.11. The Morgan fingerprint density at radius 1 is 1.86 bits per heavy atom. The number of hydrogen-bond donors (Lipinski definition) is 0. The summed E-state index contributed by atoms with van der Waals surface area (Å²) in [5, 5.41) is 1.98. The second-order valence-electron chi connectivity index (χ2n) is 1.13. The van der Waals surface area contributed by atoms with E-state index in [1.54, 1.807) is 17.4 Å². The molecule has 0 saturated carbocycles. The van der Waals surface area contributed by atoms with Crippen LogP contribution in [0.2, 0.25) is 0 Å². The highest BCUT2D eigenvalue weighted by atomic mass is 32.1. The molecule has 1 aromatic rings. The van der Waals surface area contributed by atoms with Gasteiger partial charge < -0.3 is 0 Å². The molecule has 1 heteroatoms. The van der Waals surface area contributed by atoms with E-state index < -0.39 is 0 Å². The van der Waals surface area contributed by atoms with Crippen molar-refractivity contribution in [1.29, 1.82) is 0 Å². The van der Waals surface area contributed by atoms with E-state index in [2.05, 4.69) is 12.6 Å². The van der Waals surface area contributed by atoms with Gasteiger partial charge in [-0.05, 0) is 11.4 Å². The summed E-state index contributed by atoms with van der Waals surface area (Å²) in [6.07, 6.45) is 1.80. The van der Waals surface area contributed by atoms with E-state index >= 15 is 0 Å². The zero-order valence-corrected chi connectivity index (χ0v) is 4.66. The van der Waals surface area contributed by atoms with Crippen molar-refractivity contribution in [3.63, 3.8) is 0 Å². The zero-order valence-electron chi connectivity index (χ0n) is 3.85. The van der Waals surface area contributed by atoms with Gasteiger partial charge in [-0.2, -0.15) is 0 Å². The molecule has 0 unspecified atom stereocenters. The molecule has 35 valence electrons. The van der Waals surface area contributed by atoms with Crippen LogP contribution in [0.4, 0.5) is 0 Å². The fourth-order valence-electron chi connectivity index (χ4n) is 0.365. The zero-order chi connectivity index (χ0) is 5.11. The summed E-state index contributed by atoms with van der Waals surface area (Å²) in [6, 6.07) is 4.88. The smallest absolute Gasteiger partial charge is 0.0343 e. The minimum atomic E-state index is 1.11. The molecule has 0 nitrogen and oxygen atoms in total. The largest absolute Gasteiger partial charge is 0.144 e. The molecule has 0 atom stereocenters. The van der Waals surface area contributed by atoms with Gasteiger partial charge in [0.05, 0.1) is 0 Å². The Balaban J connectivity index is 2.96. The Kier molecular flexibility index (Phi) is 1.27. The predicted molar refractivity (Wildman–Crippen MR) is 33.2 cm³/mol. The molecule has 0 bridgehead atoms. The molecule has 1 aromatic heterocycles. The summed E-state index contributed by atoms with van der Waals surface area (Å²) in [5.41, 5.74) is 0. The lowest BCUT2D eigenvalue weighted by Crippen LogP contribution is -1.47. The van der Waals surface area contributed by atoms with Crippen molar-refractivity contribution in [2.24, 2.45) is 0 Å². The van der Waals surface area contributed by atoms with E-state index in [9.17, 15) is 0 Å². The van der Waals surface area contributed by atoms with Gasteiger partial charge in [0.25, 0.3) is 0 Å². The molecule has 0 aliphatic heterocycles. The molecule has 0 aliphatic carbocycles. The van der Waals surface area contributed by atoms with Crippen LogP contribution in [0, 0.1) is 6.07 Å². The molecule has 1 rings (SSSR count). The summed E-state index contributed by atoms with van der Waals surface area (Å²) in [7, 11) is 0. The second-order valence-corrected chi connectivity index (χ2v) is 2.08. The van der Waals surface area contributed by atoms with Crippen molar-refractivity contribution in [3.8, 4) is 0 Å². The van der Waals surface area contributed by atoms with E-state index in [-0.39, 0.29) is 0 Å². The third-order valence-corrected chi connectivity index (χ3v) is 1.48. The van der Waals surface area contributed by atoms with Gasteiger partial charge in [0, 0.05) is 10.9 Å². The van der Waals surface area contributed by atoms with Crippen molar-refractivity contribution in [3.05, 3.63) is 29.0 Å². The van der Waals surface area contributed by atoms with Crippen LogP contribution >= 0.6 is 11.3 Å². The van der Waals surface area contributed by atoms with Crippen LogP contribution in [0.15, 0.2) is 18.0 Å². The molecule has 0 N–H and O–H groups in total. The predicted octanol–water partition coefficient (Wildman–Crippen LogP) is 2.19. The maximum atomic E-state index is 3.58. The van der Waals surface area contributed by atoms with Crippen molar-refractivity contribution >= 4 is 17.4 Å². The van der Waals surface area contributed by atoms with Crippen LogP contribution in [0.25, 0.3) is 6.08 Å². The monoisotopic (exact) mass is 109 g/mol. The SMILES string of the molecule is C=Cc1[c]ccs1. The number of hydrogen-bond acceptors (Lipinski definition) is 1. The summed E-state index contributed by atoms with van der Waals surface area (Å²) in [5.74, 6) is 0.